The van der Waals surface area contributed by atoms with Gasteiger partial charge in [-0.25, -0.2) is 0 Å². The number of hydrogen-bond acceptors (Lipinski definition) is 4. The Morgan fingerprint density at radius 1 is 0.812 bits per heavy atom. The van der Waals surface area contributed by atoms with E-state index >= 15 is 0 Å². The van der Waals surface area contributed by atoms with Crippen LogP contribution in [0.3, 0.4) is 0 Å². The average molecular weight is 439 g/mol. The Bertz CT molecular complexity index is 1030. The van der Waals surface area contributed by atoms with E-state index in [1.807, 2.05) is 0 Å². The van der Waals surface area contributed by atoms with Gasteiger partial charge in [0, 0.05) is 5.41 Å². The molecule has 0 amide bonds. The summed E-state index contributed by atoms with van der Waals surface area (Å²) in [6.07, 6.45) is 3.05. The number of ether oxygens (including phenoxy) is 2. The fourth-order valence-electron chi connectivity index (χ4n) is 6.83. The average Bonchev–Trinajstić information content (AvgIpc) is 3.19. The maximum absolute atomic E-state index is 10.1. The number of rotatable bonds is 6. The predicted molar refractivity (Wildman–Crippen MR) is 128 cm³/mol. The molecular weight excluding hydrogens is 400 g/mol. The van der Waals surface area contributed by atoms with E-state index < -0.39 is 0 Å². The molecule has 0 fully saturated rings. The number of benzene rings is 2. The highest BCUT2D eigenvalue weighted by Crippen LogP contribution is 2.67. The number of fused-ring (bicyclic) bond motifs is 4. The molecule has 2 aromatic carbocycles. The minimum absolute atomic E-state index is 0.00900. The quantitative estimate of drug-likeness (QED) is 0.637. The Balaban J connectivity index is 2.12. The van der Waals surface area contributed by atoms with Crippen LogP contribution >= 0.6 is 0 Å². The van der Waals surface area contributed by atoms with E-state index in [1.165, 1.54) is 22.3 Å². The first-order valence-corrected chi connectivity index (χ1v) is 11.9. The van der Waals surface area contributed by atoms with Crippen LogP contribution in [0.1, 0.15) is 87.3 Å². The van der Waals surface area contributed by atoms with Crippen LogP contribution in [0.25, 0.3) is 0 Å². The summed E-state index contributed by atoms with van der Waals surface area (Å²) in [5.74, 6) is 1.89. The fourth-order valence-corrected chi connectivity index (χ4v) is 6.83. The second-order valence-corrected chi connectivity index (χ2v) is 10.3. The number of methoxy groups -OCH3 is 2. The summed E-state index contributed by atoms with van der Waals surface area (Å²) >= 11 is 0. The molecule has 4 heteroatoms. The lowest BCUT2D eigenvalue weighted by Gasteiger charge is -2.39. The van der Waals surface area contributed by atoms with Crippen molar-refractivity contribution in [2.75, 3.05) is 14.2 Å². The molecule has 4 rings (SSSR count). The van der Waals surface area contributed by atoms with E-state index in [9.17, 15) is 10.2 Å². The van der Waals surface area contributed by atoms with Gasteiger partial charge in [-0.3, -0.25) is 0 Å². The van der Waals surface area contributed by atoms with Crippen molar-refractivity contribution in [1.82, 2.24) is 0 Å². The number of aliphatic hydroxyl groups excluding tert-OH is 2. The highest BCUT2D eigenvalue weighted by Gasteiger charge is 2.62. The van der Waals surface area contributed by atoms with Crippen molar-refractivity contribution in [3.8, 4) is 11.5 Å². The van der Waals surface area contributed by atoms with Gasteiger partial charge in [0.2, 0.25) is 0 Å². The van der Waals surface area contributed by atoms with Crippen LogP contribution in [-0.4, -0.2) is 24.4 Å². The normalized spacial score (nSPS) is 30.5. The van der Waals surface area contributed by atoms with Crippen LogP contribution in [0.5, 0.6) is 11.5 Å². The fraction of sp³-hybridized carbons (Fsp3) is 0.571. The summed E-state index contributed by atoms with van der Waals surface area (Å²) in [6.45, 7) is 11.5. The molecule has 0 aromatic heterocycles. The maximum atomic E-state index is 10.1. The Labute approximate surface area is 192 Å². The molecule has 0 heterocycles. The third-order valence-corrected chi connectivity index (χ3v) is 9.31. The third kappa shape index (κ3) is 2.75. The molecule has 2 N–H and O–H groups in total. The molecule has 32 heavy (non-hydrogen) atoms. The van der Waals surface area contributed by atoms with E-state index in [-0.39, 0.29) is 29.5 Å². The topological polar surface area (TPSA) is 58.9 Å². The zero-order valence-corrected chi connectivity index (χ0v) is 20.6. The van der Waals surface area contributed by atoms with Gasteiger partial charge < -0.3 is 19.7 Å². The summed E-state index contributed by atoms with van der Waals surface area (Å²) in [7, 11) is 3.40. The van der Waals surface area contributed by atoms with E-state index in [4.69, 9.17) is 9.47 Å². The summed E-state index contributed by atoms with van der Waals surface area (Å²) in [6, 6.07) is 8.74. The molecule has 2 aromatic rings. The predicted octanol–water partition coefficient (Wildman–Crippen LogP) is 5.36. The Morgan fingerprint density at radius 2 is 1.31 bits per heavy atom. The van der Waals surface area contributed by atoms with Crippen LogP contribution in [0, 0.1) is 5.92 Å². The molecular formula is C28H38O4. The maximum Gasteiger partial charge on any atom is 0.161 e. The molecule has 2 aliphatic carbocycles. The lowest BCUT2D eigenvalue weighted by Crippen LogP contribution is -2.38. The molecule has 174 valence electrons. The van der Waals surface area contributed by atoms with Crippen molar-refractivity contribution in [3.05, 3.63) is 57.6 Å². The number of hydrogen-bond donors (Lipinski definition) is 2. The van der Waals surface area contributed by atoms with Gasteiger partial charge in [-0.05, 0) is 81.5 Å². The first-order chi connectivity index (χ1) is 15.2. The second-order valence-electron chi connectivity index (χ2n) is 10.3. The minimum atomic E-state index is -0.183. The summed E-state index contributed by atoms with van der Waals surface area (Å²) in [4.78, 5) is 0. The molecule has 1 spiro atoms. The molecule has 4 nitrogen and oxygen atoms in total. The van der Waals surface area contributed by atoms with Crippen molar-refractivity contribution < 1.29 is 19.7 Å². The molecule has 0 radical (unpaired) electrons. The molecule has 4 unspecified atom stereocenters. The largest absolute Gasteiger partial charge is 0.493 e. The van der Waals surface area contributed by atoms with Crippen LogP contribution in [-0.2, 0) is 29.5 Å². The molecule has 2 aliphatic rings. The molecule has 0 saturated carbocycles. The lowest BCUT2D eigenvalue weighted by atomic mass is 9.63. The Kier molecular flexibility index (Phi) is 5.62. The standard InChI is InChI=1S/C28H38O4/c1-8-26(4)16-28(22-11-19(15-30)18(14-29)10-20(22)26)17(3)27(5,9-2)21-12-24(31-6)25(32-7)13-23(21)28/h10-13,17,29-30H,8-9,14-16H2,1-7H3. The zero-order valence-electron chi connectivity index (χ0n) is 20.6. The lowest BCUT2D eigenvalue weighted by molar-refractivity contribution is 0.216. The Morgan fingerprint density at radius 3 is 1.78 bits per heavy atom. The Hall–Kier alpha value is -2.04. The van der Waals surface area contributed by atoms with Crippen molar-refractivity contribution in [3.63, 3.8) is 0 Å². The van der Waals surface area contributed by atoms with E-state index in [0.717, 1.165) is 41.9 Å². The van der Waals surface area contributed by atoms with Gasteiger partial charge in [0.05, 0.1) is 27.4 Å². The summed E-state index contributed by atoms with van der Waals surface area (Å²) in [5.41, 5.74) is 6.74. The van der Waals surface area contributed by atoms with Crippen molar-refractivity contribution in [1.29, 1.82) is 0 Å². The van der Waals surface area contributed by atoms with E-state index in [1.54, 1.807) is 14.2 Å². The van der Waals surface area contributed by atoms with E-state index in [2.05, 4.69) is 58.9 Å². The van der Waals surface area contributed by atoms with Crippen molar-refractivity contribution >= 4 is 0 Å². The van der Waals surface area contributed by atoms with Crippen LogP contribution < -0.4 is 9.47 Å². The van der Waals surface area contributed by atoms with Gasteiger partial charge in [0.15, 0.2) is 11.5 Å². The third-order valence-electron chi connectivity index (χ3n) is 9.31. The summed E-state index contributed by atoms with van der Waals surface area (Å²) < 4.78 is 11.4. The van der Waals surface area contributed by atoms with Crippen LogP contribution in [0.4, 0.5) is 0 Å². The number of aliphatic hydroxyl groups is 2. The monoisotopic (exact) mass is 438 g/mol. The molecule has 4 atom stereocenters. The molecule has 0 aliphatic heterocycles. The van der Waals surface area contributed by atoms with Gasteiger partial charge in [-0.1, -0.05) is 46.8 Å². The van der Waals surface area contributed by atoms with Gasteiger partial charge in [0.25, 0.3) is 0 Å². The summed E-state index contributed by atoms with van der Waals surface area (Å²) in [5, 5.41) is 20.1. The van der Waals surface area contributed by atoms with Crippen molar-refractivity contribution in [2.24, 2.45) is 5.92 Å². The van der Waals surface area contributed by atoms with Crippen molar-refractivity contribution in [2.45, 2.75) is 83.3 Å². The first-order valence-electron chi connectivity index (χ1n) is 11.9. The minimum Gasteiger partial charge on any atom is -0.493 e. The molecule has 0 saturated heterocycles. The smallest absolute Gasteiger partial charge is 0.161 e. The first kappa shape index (κ1) is 23.1. The SMILES string of the molecule is CCC1(C)CC2(c3cc(CO)c(CO)cc31)c1cc(OC)c(OC)cc1C(C)(CC)C2C. The van der Waals surface area contributed by atoms with Gasteiger partial charge in [0.1, 0.15) is 0 Å². The van der Waals surface area contributed by atoms with Gasteiger partial charge in [-0.2, -0.15) is 0 Å². The zero-order chi connectivity index (χ0) is 23.5. The highest BCUT2D eigenvalue weighted by molar-refractivity contribution is 5.65. The second kappa shape index (κ2) is 7.78. The van der Waals surface area contributed by atoms with Gasteiger partial charge >= 0.3 is 0 Å². The van der Waals surface area contributed by atoms with Crippen LogP contribution in [0.2, 0.25) is 0 Å². The molecule has 0 bridgehead atoms. The van der Waals surface area contributed by atoms with E-state index in [0.29, 0.717) is 5.92 Å². The van der Waals surface area contributed by atoms with Crippen LogP contribution in [0.15, 0.2) is 24.3 Å². The highest BCUT2D eigenvalue weighted by atomic mass is 16.5. The van der Waals surface area contributed by atoms with Gasteiger partial charge in [-0.15, -0.1) is 0 Å².